The van der Waals surface area contributed by atoms with E-state index in [2.05, 4.69) is 0 Å². The van der Waals surface area contributed by atoms with E-state index in [0.717, 1.165) is 6.42 Å². The van der Waals surface area contributed by atoms with Crippen molar-refractivity contribution in [2.24, 2.45) is 23.7 Å². The van der Waals surface area contributed by atoms with Crippen LogP contribution in [0, 0.1) is 23.7 Å². The van der Waals surface area contributed by atoms with Gasteiger partial charge in [-0.05, 0) is 36.5 Å². The zero-order valence-corrected chi connectivity index (χ0v) is 14.7. The number of benzene rings is 1. The van der Waals surface area contributed by atoms with E-state index in [9.17, 15) is 19.5 Å². The summed E-state index contributed by atoms with van der Waals surface area (Å²) in [6, 6.07) is 4.84. The summed E-state index contributed by atoms with van der Waals surface area (Å²) in [4.78, 5) is 40.9. The lowest BCUT2D eigenvalue weighted by Crippen LogP contribution is -2.37. The van der Waals surface area contributed by atoms with E-state index in [1.165, 1.54) is 11.0 Å². The van der Waals surface area contributed by atoms with Crippen molar-refractivity contribution in [2.45, 2.75) is 6.42 Å². The highest BCUT2D eigenvalue weighted by Gasteiger charge is 2.59. The second-order valence-electron chi connectivity index (χ2n) is 7.62. The highest BCUT2D eigenvalue weighted by atomic mass is 16.5. The van der Waals surface area contributed by atoms with Crippen molar-refractivity contribution in [3.05, 3.63) is 35.9 Å². The van der Waals surface area contributed by atoms with Gasteiger partial charge in [0.25, 0.3) is 0 Å². The Kier molecular flexibility index (Phi) is 3.62. The molecule has 4 aliphatic rings. The number of hydrogen-bond donors (Lipinski definition) is 1. The SMILES string of the molecule is O=C(O)c1cc(N2C(=O)[C@@H]3[C@@H](C2=O)[C@H]2C=C[C@@H]3C2)ccc1N1CCOCC1. The minimum Gasteiger partial charge on any atom is -0.478 e. The van der Waals surface area contributed by atoms with Gasteiger partial charge in [-0.1, -0.05) is 12.2 Å². The maximum absolute atomic E-state index is 13.0. The molecule has 0 aromatic heterocycles. The number of carboxylic acid groups (broad SMARTS) is 1. The van der Waals surface area contributed by atoms with E-state index in [4.69, 9.17) is 4.74 Å². The van der Waals surface area contributed by atoms with Crippen molar-refractivity contribution in [2.75, 3.05) is 36.1 Å². The zero-order chi connectivity index (χ0) is 18.7. The summed E-state index contributed by atoms with van der Waals surface area (Å²) in [5, 5.41) is 9.69. The molecule has 27 heavy (non-hydrogen) atoms. The van der Waals surface area contributed by atoms with Crippen LogP contribution >= 0.6 is 0 Å². The third-order valence-corrected chi connectivity index (χ3v) is 6.29. The van der Waals surface area contributed by atoms with Crippen LogP contribution in [-0.2, 0) is 14.3 Å². The van der Waals surface area contributed by atoms with Gasteiger partial charge in [-0.15, -0.1) is 0 Å². The largest absolute Gasteiger partial charge is 0.478 e. The predicted molar refractivity (Wildman–Crippen MR) is 96.6 cm³/mol. The molecule has 5 rings (SSSR count). The summed E-state index contributed by atoms with van der Waals surface area (Å²) in [7, 11) is 0. The molecule has 2 aliphatic carbocycles. The smallest absolute Gasteiger partial charge is 0.337 e. The van der Waals surface area contributed by atoms with Crippen LogP contribution in [0.3, 0.4) is 0 Å². The fourth-order valence-electron chi connectivity index (χ4n) is 5.07. The molecule has 3 fully saturated rings. The average molecular weight is 368 g/mol. The van der Waals surface area contributed by atoms with Crippen molar-refractivity contribution in [3.8, 4) is 0 Å². The first-order valence-electron chi connectivity index (χ1n) is 9.32. The lowest BCUT2D eigenvalue weighted by atomic mass is 9.85. The van der Waals surface area contributed by atoms with Crippen molar-refractivity contribution in [1.82, 2.24) is 0 Å². The summed E-state index contributed by atoms with van der Waals surface area (Å²) < 4.78 is 5.33. The maximum Gasteiger partial charge on any atom is 0.337 e. The number of carbonyl (C=O) groups excluding carboxylic acids is 2. The molecular formula is C20H20N2O5. The fourth-order valence-corrected chi connectivity index (χ4v) is 5.07. The molecule has 2 heterocycles. The Morgan fingerprint density at radius 3 is 2.26 bits per heavy atom. The third kappa shape index (κ3) is 2.34. The van der Waals surface area contributed by atoms with E-state index < -0.39 is 5.97 Å². The molecule has 0 radical (unpaired) electrons. The second kappa shape index (κ2) is 5.92. The quantitative estimate of drug-likeness (QED) is 0.643. The lowest BCUT2D eigenvalue weighted by molar-refractivity contribution is -0.123. The second-order valence-corrected chi connectivity index (χ2v) is 7.62. The summed E-state index contributed by atoms with van der Waals surface area (Å²) in [5.74, 6) is -1.78. The topological polar surface area (TPSA) is 87.2 Å². The molecule has 7 nitrogen and oxygen atoms in total. The number of hydrogen-bond acceptors (Lipinski definition) is 5. The van der Waals surface area contributed by atoms with Crippen molar-refractivity contribution in [1.29, 1.82) is 0 Å². The van der Waals surface area contributed by atoms with E-state index in [-0.39, 0.29) is 41.0 Å². The van der Waals surface area contributed by atoms with Crippen LogP contribution in [0.4, 0.5) is 11.4 Å². The lowest BCUT2D eigenvalue weighted by Gasteiger charge is -2.30. The number of carbonyl (C=O) groups is 3. The first-order valence-corrected chi connectivity index (χ1v) is 9.32. The monoisotopic (exact) mass is 368 g/mol. The molecule has 4 atom stereocenters. The molecule has 2 bridgehead atoms. The van der Waals surface area contributed by atoms with Gasteiger partial charge in [0.05, 0.1) is 42.0 Å². The average Bonchev–Trinajstić information content (AvgIpc) is 3.36. The number of amides is 2. The van der Waals surface area contributed by atoms with Gasteiger partial charge in [-0.3, -0.25) is 9.59 Å². The Balaban J connectivity index is 1.51. The number of morpholine rings is 1. The third-order valence-electron chi connectivity index (χ3n) is 6.29. The standard InChI is InChI=1S/C20H20N2O5/c23-18-16-11-1-2-12(9-11)17(16)19(24)22(18)13-3-4-15(14(10-13)20(25)26)21-5-7-27-8-6-21/h1-4,10-12,16-17H,5-9H2,(H,25,26)/t11-,12+,16-,17-/m0/s1. The van der Waals surface area contributed by atoms with Crippen molar-refractivity contribution >= 4 is 29.2 Å². The molecule has 7 heteroatoms. The number of anilines is 2. The Bertz CT molecular complexity index is 843. The molecule has 1 aromatic carbocycles. The first-order chi connectivity index (χ1) is 13.1. The van der Waals surface area contributed by atoms with Gasteiger partial charge in [-0.2, -0.15) is 0 Å². The zero-order valence-electron chi connectivity index (χ0n) is 14.7. The van der Waals surface area contributed by atoms with Crippen LogP contribution in [0.2, 0.25) is 0 Å². The Labute approximate surface area is 156 Å². The van der Waals surface area contributed by atoms with E-state index >= 15 is 0 Å². The molecule has 2 saturated heterocycles. The first kappa shape index (κ1) is 16.5. The highest BCUT2D eigenvalue weighted by molar-refractivity contribution is 6.23. The van der Waals surface area contributed by atoms with Gasteiger partial charge in [0.2, 0.25) is 11.8 Å². The highest BCUT2D eigenvalue weighted by Crippen LogP contribution is 2.53. The van der Waals surface area contributed by atoms with E-state index in [1.54, 1.807) is 12.1 Å². The minimum atomic E-state index is -1.07. The summed E-state index contributed by atoms with van der Waals surface area (Å²) in [6.45, 7) is 2.31. The van der Waals surface area contributed by atoms with Crippen LogP contribution in [0.5, 0.6) is 0 Å². The molecule has 2 aliphatic heterocycles. The molecule has 1 saturated carbocycles. The van der Waals surface area contributed by atoms with Crippen molar-refractivity contribution in [3.63, 3.8) is 0 Å². The number of carboxylic acids is 1. The number of allylic oxidation sites excluding steroid dienone is 2. The van der Waals surface area contributed by atoms with Crippen LogP contribution in [0.15, 0.2) is 30.4 Å². The van der Waals surface area contributed by atoms with Crippen molar-refractivity contribution < 1.29 is 24.2 Å². The summed E-state index contributed by atoms with van der Waals surface area (Å²) in [6.07, 6.45) is 4.96. The van der Waals surface area contributed by atoms with Gasteiger partial charge in [-0.25, -0.2) is 9.69 Å². The minimum absolute atomic E-state index is 0.105. The van der Waals surface area contributed by atoms with Crippen LogP contribution < -0.4 is 9.80 Å². The molecule has 0 spiro atoms. The number of rotatable bonds is 3. The number of aromatic carboxylic acids is 1. The predicted octanol–water partition coefficient (Wildman–Crippen LogP) is 1.53. The molecule has 1 aromatic rings. The molecule has 2 amide bonds. The van der Waals surface area contributed by atoms with Gasteiger partial charge in [0.1, 0.15) is 0 Å². The van der Waals surface area contributed by atoms with Crippen LogP contribution in [0.1, 0.15) is 16.8 Å². The molecular weight excluding hydrogens is 348 g/mol. The van der Waals surface area contributed by atoms with Gasteiger partial charge in [0, 0.05) is 13.1 Å². The number of ether oxygens (including phenoxy) is 1. The van der Waals surface area contributed by atoms with E-state index in [0.29, 0.717) is 37.7 Å². The van der Waals surface area contributed by atoms with Gasteiger partial charge >= 0.3 is 5.97 Å². The van der Waals surface area contributed by atoms with Gasteiger partial charge in [0.15, 0.2) is 0 Å². The molecule has 0 unspecified atom stereocenters. The van der Waals surface area contributed by atoms with Crippen LogP contribution in [0.25, 0.3) is 0 Å². The molecule has 1 N–H and O–H groups in total. The van der Waals surface area contributed by atoms with E-state index in [1.807, 2.05) is 17.1 Å². The Hall–Kier alpha value is -2.67. The maximum atomic E-state index is 13.0. The summed E-state index contributed by atoms with van der Waals surface area (Å²) >= 11 is 0. The Morgan fingerprint density at radius 1 is 1.04 bits per heavy atom. The fraction of sp³-hybridized carbons (Fsp3) is 0.450. The number of imide groups is 1. The number of fused-ring (bicyclic) bond motifs is 5. The van der Waals surface area contributed by atoms with Crippen LogP contribution in [-0.4, -0.2) is 49.2 Å². The Morgan fingerprint density at radius 2 is 1.67 bits per heavy atom. The molecule has 140 valence electrons. The van der Waals surface area contributed by atoms with Gasteiger partial charge < -0.3 is 14.7 Å². The normalized spacial score (nSPS) is 31.7. The number of nitrogens with zero attached hydrogens (tertiary/aromatic N) is 2. The summed E-state index contributed by atoms with van der Waals surface area (Å²) in [5.41, 5.74) is 1.05.